The third-order valence-electron chi connectivity index (χ3n) is 4.02. The van der Waals surface area contributed by atoms with Gasteiger partial charge in [0, 0.05) is 17.1 Å². The highest BCUT2D eigenvalue weighted by Crippen LogP contribution is 2.28. The van der Waals surface area contributed by atoms with E-state index < -0.39 is 17.8 Å². The van der Waals surface area contributed by atoms with Crippen LogP contribution in [0.3, 0.4) is 0 Å². The highest BCUT2D eigenvalue weighted by molar-refractivity contribution is 6.35. The molecule has 0 bridgehead atoms. The summed E-state index contributed by atoms with van der Waals surface area (Å²) in [4.78, 5) is 23.5. The number of nitrogens with one attached hydrogen (secondary N) is 3. The van der Waals surface area contributed by atoms with Crippen LogP contribution in [-0.2, 0) is 4.79 Å². The number of carbonyl (C=O) groups excluding carboxylic acids is 2. The standard InChI is InChI=1S/C16H20Cl2FN3O2/c1-9(11-6-14(19)13(18)7-12(11)17)20-8-15(23)22-16(24)21-10-4-2-3-5-10/h6-7,9-10,20H,2-5,8H2,1H3,(H2,21,22,23,24)/t9-/m1/s1. The predicted octanol–water partition coefficient (Wildman–Crippen LogP) is 3.55. The molecule has 1 aliphatic carbocycles. The fourth-order valence-corrected chi connectivity index (χ4v) is 3.23. The normalized spacial score (nSPS) is 16.0. The molecular formula is C16H20Cl2FN3O2. The van der Waals surface area contributed by atoms with Crippen LogP contribution in [0.15, 0.2) is 12.1 Å². The van der Waals surface area contributed by atoms with Crippen LogP contribution in [0.25, 0.3) is 0 Å². The highest BCUT2D eigenvalue weighted by atomic mass is 35.5. The van der Waals surface area contributed by atoms with Crippen LogP contribution in [0.5, 0.6) is 0 Å². The van der Waals surface area contributed by atoms with E-state index in [1.54, 1.807) is 6.92 Å². The van der Waals surface area contributed by atoms with E-state index in [4.69, 9.17) is 23.2 Å². The first-order chi connectivity index (χ1) is 11.4. The number of benzene rings is 1. The van der Waals surface area contributed by atoms with Crippen molar-refractivity contribution in [1.29, 1.82) is 0 Å². The quantitative estimate of drug-likeness (QED) is 0.689. The van der Waals surface area contributed by atoms with Gasteiger partial charge in [0.15, 0.2) is 0 Å². The minimum atomic E-state index is -0.579. The molecule has 24 heavy (non-hydrogen) atoms. The second kappa shape index (κ2) is 8.65. The molecule has 1 aromatic carbocycles. The summed E-state index contributed by atoms with van der Waals surface area (Å²) >= 11 is 11.7. The van der Waals surface area contributed by atoms with Crippen molar-refractivity contribution < 1.29 is 14.0 Å². The van der Waals surface area contributed by atoms with Crippen LogP contribution in [0.1, 0.15) is 44.2 Å². The van der Waals surface area contributed by atoms with Gasteiger partial charge in [-0.15, -0.1) is 0 Å². The lowest BCUT2D eigenvalue weighted by Crippen LogP contribution is -2.46. The molecule has 0 aliphatic heterocycles. The molecule has 0 heterocycles. The molecule has 132 valence electrons. The van der Waals surface area contributed by atoms with Crippen molar-refractivity contribution in [3.63, 3.8) is 0 Å². The number of hydrogen-bond donors (Lipinski definition) is 3. The first kappa shape index (κ1) is 19.0. The summed E-state index contributed by atoms with van der Waals surface area (Å²) in [5, 5.41) is 8.18. The molecule has 8 heteroatoms. The molecule has 1 aliphatic rings. The number of urea groups is 1. The molecule has 0 radical (unpaired) electrons. The minimum absolute atomic E-state index is 0.0581. The number of rotatable bonds is 5. The molecule has 0 saturated heterocycles. The number of imide groups is 1. The zero-order chi connectivity index (χ0) is 17.7. The highest BCUT2D eigenvalue weighted by Gasteiger charge is 2.19. The van der Waals surface area contributed by atoms with Crippen molar-refractivity contribution in [2.45, 2.75) is 44.7 Å². The van der Waals surface area contributed by atoms with Crippen molar-refractivity contribution >= 4 is 35.1 Å². The first-order valence-electron chi connectivity index (χ1n) is 7.85. The molecule has 0 unspecified atom stereocenters. The van der Waals surface area contributed by atoms with Gasteiger partial charge in [0.25, 0.3) is 0 Å². The minimum Gasteiger partial charge on any atom is -0.335 e. The van der Waals surface area contributed by atoms with Crippen LogP contribution in [-0.4, -0.2) is 24.5 Å². The van der Waals surface area contributed by atoms with Gasteiger partial charge in [-0.25, -0.2) is 9.18 Å². The lowest BCUT2D eigenvalue weighted by Gasteiger charge is -2.16. The Balaban J connectivity index is 1.80. The van der Waals surface area contributed by atoms with Gasteiger partial charge in [-0.2, -0.15) is 0 Å². The second-order valence-corrected chi connectivity index (χ2v) is 6.71. The Bertz CT molecular complexity index is 622. The average Bonchev–Trinajstić information content (AvgIpc) is 3.01. The molecule has 1 aromatic rings. The molecule has 0 spiro atoms. The Morgan fingerprint density at radius 1 is 1.25 bits per heavy atom. The molecule has 2 rings (SSSR count). The molecule has 5 nitrogen and oxygen atoms in total. The first-order valence-corrected chi connectivity index (χ1v) is 8.60. The van der Waals surface area contributed by atoms with Crippen molar-refractivity contribution in [2.75, 3.05) is 6.54 Å². The lowest BCUT2D eigenvalue weighted by atomic mass is 10.1. The summed E-state index contributed by atoms with van der Waals surface area (Å²) in [6, 6.07) is 1.82. The van der Waals surface area contributed by atoms with E-state index in [0.717, 1.165) is 25.7 Å². The van der Waals surface area contributed by atoms with E-state index >= 15 is 0 Å². The Hall–Kier alpha value is -1.37. The van der Waals surface area contributed by atoms with Crippen LogP contribution in [0.4, 0.5) is 9.18 Å². The maximum atomic E-state index is 13.5. The van der Waals surface area contributed by atoms with Crippen molar-refractivity contribution in [2.24, 2.45) is 0 Å². The Morgan fingerprint density at radius 2 is 1.92 bits per heavy atom. The summed E-state index contributed by atoms with van der Waals surface area (Å²) in [5.74, 6) is -1.05. The Morgan fingerprint density at radius 3 is 2.58 bits per heavy atom. The van der Waals surface area contributed by atoms with E-state index in [9.17, 15) is 14.0 Å². The molecule has 3 N–H and O–H groups in total. The third-order valence-corrected chi connectivity index (χ3v) is 4.64. The smallest absolute Gasteiger partial charge is 0.321 e. The van der Waals surface area contributed by atoms with Gasteiger partial charge in [-0.05, 0) is 37.5 Å². The summed E-state index contributed by atoms with van der Waals surface area (Å²) in [7, 11) is 0. The SMILES string of the molecule is C[C@@H](NCC(=O)NC(=O)NC1CCCC1)c1cc(F)c(Cl)cc1Cl. The van der Waals surface area contributed by atoms with Crippen LogP contribution < -0.4 is 16.0 Å². The monoisotopic (exact) mass is 375 g/mol. The summed E-state index contributed by atoms with van der Waals surface area (Å²) in [6.07, 6.45) is 4.07. The number of carbonyl (C=O) groups is 2. The topological polar surface area (TPSA) is 70.2 Å². The maximum Gasteiger partial charge on any atom is 0.321 e. The Labute approximate surface area is 150 Å². The van der Waals surface area contributed by atoms with Crippen LogP contribution in [0, 0.1) is 5.82 Å². The summed E-state index contributed by atoms with van der Waals surface area (Å²) < 4.78 is 13.5. The van der Waals surface area contributed by atoms with Gasteiger partial charge < -0.3 is 10.6 Å². The summed E-state index contributed by atoms with van der Waals surface area (Å²) in [6.45, 7) is 1.64. The van der Waals surface area contributed by atoms with E-state index in [1.807, 2.05) is 0 Å². The predicted molar refractivity (Wildman–Crippen MR) is 91.8 cm³/mol. The van der Waals surface area contributed by atoms with Gasteiger partial charge >= 0.3 is 6.03 Å². The van der Waals surface area contributed by atoms with E-state index in [2.05, 4.69) is 16.0 Å². The maximum absolute atomic E-state index is 13.5. The van der Waals surface area contributed by atoms with Crippen LogP contribution in [0.2, 0.25) is 10.0 Å². The zero-order valence-electron chi connectivity index (χ0n) is 13.3. The summed E-state index contributed by atoms with van der Waals surface area (Å²) in [5.41, 5.74) is 0.488. The van der Waals surface area contributed by atoms with E-state index in [0.29, 0.717) is 10.6 Å². The van der Waals surface area contributed by atoms with Gasteiger partial charge in [0.1, 0.15) is 5.82 Å². The average molecular weight is 376 g/mol. The molecule has 1 fully saturated rings. The fraction of sp³-hybridized carbons (Fsp3) is 0.500. The lowest BCUT2D eigenvalue weighted by molar-refractivity contribution is -0.119. The number of hydrogen-bond acceptors (Lipinski definition) is 3. The molecule has 1 saturated carbocycles. The molecule has 1 atom stereocenters. The molecule has 0 aromatic heterocycles. The number of halogens is 3. The Kier molecular flexibility index (Phi) is 6.83. The van der Waals surface area contributed by atoms with E-state index in [1.165, 1.54) is 12.1 Å². The van der Waals surface area contributed by atoms with Crippen LogP contribution >= 0.6 is 23.2 Å². The third kappa shape index (κ3) is 5.33. The van der Waals surface area contributed by atoms with Crippen molar-refractivity contribution in [3.8, 4) is 0 Å². The van der Waals surface area contributed by atoms with Crippen molar-refractivity contribution in [1.82, 2.24) is 16.0 Å². The van der Waals surface area contributed by atoms with Gasteiger partial charge in [-0.3, -0.25) is 10.1 Å². The largest absolute Gasteiger partial charge is 0.335 e. The molecule has 3 amide bonds. The van der Waals surface area contributed by atoms with E-state index in [-0.39, 0.29) is 23.7 Å². The second-order valence-electron chi connectivity index (χ2n) is 5.89. The van der Waals surface area contributed by atoms with Gasteiger partial charge in [0.2, 0.25) is 5.91 Å². The molecular weight excluding hydrogens is 356 g/mol. The van der Waals surface area contributed by atoms with Gasteiger partial charge in [0.05, 0.1) is 11.6 Å². The number of amides is 3. The van der Waals surface area contributed by atoms with Gasteiger partial charge in [-0.1, -0.05) is 36.0 Å². The zero-order valence-corrected chi connectivity index (χ0v) is 14.8. The fourth-order valence-electron chi connectivity index (χ4n) is 2.69. The van der Waals surface area contributed by atoms with Crippen molar-refractivity contribution in [3.05, 3.63) is 33.6 Å².